The third kappa shape index (κ3) is 4.47. The van der Waals surface area contributed by atoms with Gasteiger partial charge in [-0.3, -0.25) is 0 Å². The van der Waals surface area contributed by atoms with Crippen molar-refractivity contribution < 1.29 is 13.9 Å². The standard InChI is InChI=1S/C15H13ClF2OS/c16-15-8-12(18)2-1-10(15)7-13(19)9-20-14-5-3-11(17)4-6-14/h1-6,8,13,19H,7,9H2. The summed E-state index contributed by atoms with van der Waals surface area (Å²) >= 11 is 7.34. The van der Waals surface area contributed by atoms with Gasteiger partial charge in [0.05, 0.1) is 6.10 Å². The number of hydrogen-bond acceptors (Lipinski definition) is 2. The molecule has 0 amide bonds. The lowest BCUT2D eigenvalue weighted by Gasteiger charge is -2.11. The summed E-state index contributed by atoms with van der Waals surface area (Å²) in [4.78, 5) is 0.885. The highest BCUT2D eigenvalue weighted by Gasteiger charge is 2.10. The highest BCUT2D eigenvalue weighted by molar-refractivity contribution is 7.99. The van der Waals surface area contributed by atoms with Crippen LogP contribution in [-0.4, -0.2) is 17.0 Å². The maximum Gasteiger partial charge on any atom is 0.124 e. The summed E-state index contributed by atoms with van der Waals surface area (Å²) in [6.45, 7) is 0. The Hall–Kier alpha value is -1.10. The zero-order valence-corrected chi connectivity index (χ0v) is 12.1. The highest BCUT2D eigenvalue weighted by Crippen LogP contribution is 2.23. The molecule has 106 valence electrons. The molecule has 0 radical (unpaired) electrons. The monoisotopic (exact) mass is 314 g/mol. The molecule has 0 aromatic heterocycles. The van der Waals surface area contributed by atoms with Gasteiger partial charge in [-0.05, 0) is 42.0 Å². The topological polar surface area (TPSA) is 20.2 Å². The zero-order chi connectivity index (χ0) is 14.5. The van der Waals surface area contributed by atoms with E-state index in [2.05, 4.69) is 0 Å². The van der Waals surface area contributed by atoms with Crippen LogP contribution in [0.5, 0.6) is 0 Å². The Bertz CT molecular complexity index is 575. The van der Waals surface area contributed by atoms with Crippen LogP contribution in [-0.2, 0) is 6.42 Å². The van der Waals surface area contributed by atoms with Crippen LogP contribution in [0.2, 0.25) is 5.02 Å². The summed E-state index contributed by atoms with van der Waals surface area (Å²) in [6.07, 6.45) is -0.249. The second-order valence-electron chi connectivity index (χ2n) is 4.36. The number of aliphatic hydroxyl groups excluding tert-OH is 1. The SMILES string of the molecule is OC(CSc1ccc(F)cc1)Cc1ccc(F)cc1Cl. The first-order valence-electron chi connectivity index (χ1n) is 6.05. The largest absolute Gasteiger partial charge is 0.392 e. The maximum atomic E-state index is 12.9. The van der Waals surface area contributed by atoms with Gasteiger partial charge in [-0.15, -0.1) is 11.8 Å². The Balaban J connectivity index is 1.89. The minimum Gasteiger partial charge on any atom is -0.392 e. The molecule has 2 aromatic rings. The van der Waals surface area contributed by atoms with E-state index in [0.717, 1.165) is 4.90 Å². The smallest absolute Gasteiger partial charge is 0.124 e. The molecule has 0 spiro atoms. The number of rotatable bonds is 5. The van der Waals surface area contributed by atoms with Crippen LogP contribution < -0.4 is 0 Å². The van der Waals surface area contributed by atoms with Gasteiger partial charge in [-0.25, -0.2) is 8.78 Å². The van der Waals surface area contributed by atoms with E-state index in [9.17, 15) is 13.9 Å². The van der Waals surface area contributed by atoms with Crippen molar-refractivity contribution in [1.29, 1.82) is 0 Å². The van der Waals surface area contributed by atoms with Gasteiger partial charge in [-0.1, -0.05) is 17.7 Å². The molecule has 0 heterocycles. The van der Waals surface area contributed by atoms with Gasteiger partial charge in [0, 0.05) is 22.1 Å². The van der Waals surface area contributed by atoms with E-state index in [-0.39, 0.29) is 5.82 Å². The summed E-state index contributed by atoms with van der Waals surface area (Å²) in [5.41, 5.74) is 0.709. The van der Waals surface area contributed by atoms with Crippen molar-refractivity contribution in [3.8, 4) is 0 Å². The maximum absolute atomic E-state index is 12.9. The minimum absolute atomic E-state index is 0.284. The van der Waals surface area contributed by atoms with Gasteiger partial charge in [-0.2, -0.15) is 0 Å². The molecular formula is C15H13ClF2OS. The van der Waals surface area contributed by atoms with Crippen molar-refractivity contribution in [2.24, 2.45) is 0 Å². The van der Waals surface area contributed by atoms with E-state index in [1.807, 2.05) is 0 Å². The molecule has 0 aliphatic rings. The first kappa shape index (κ1) is 15.3. The number of hydrogen-bond donors (Lipinski definition) is 1. The highest BCUT2D eigenvalue weighted by atomic mass is 35.5. The third-order valence-corrected chi connectivity index (χ3v) is 4.24. The Morgan fingerprint density at radius 2 is 1.70 bits per heavy atom. The molecule has 0 fully saturated rings. The van der Waals surface area contributed by atoms with Crippen LogP contribution in [0.15, 0.2) is 47.4 Å². The van der Waals surface area contributed by atoms with Crippen molar-refractivity contribution in [1.82, 2.24) is 0 Å². The third-order valence-electron chi connectivity index (χ3n) is 2.73. The summed E-state index contributed by atoms with van der Waals surface area (Å²) in [7, 11) is 0. The lowest BCUT2D eigenvalue weighted by molar-refractivity contribution is 0.200. The number of thioether (sulfide) groups is 1. The lowest BCUT2D eigenvalue weighted by atomic mass is 10.1. The molecule has 1 nitrogen and oxygen atoms in total. The van der Waals surface area contributed by atoms with E-state index in [1.165, 1.54) is 36.0 Å². The van der Waals surface area contributed by atoms with Crippen molar-refractivity contribution in [2.45, 2.75) is 17.4 Å². The molecule has 0 aliphatic carbocycles. The molecule has 2 aromatic carbocycles. The van der Waals surface area contributed by atoms with Crippen molar-refractivity contribution in [2.75, 3.05) is 5.75 Å². The molecule has 1 unspecified atom stereocenters. The van der Waals surface area contributed by atoms with Gasteiger partial charge >= 0.3 is 0 Å². The van der Waals surface area contributed by atoms with Crippen LogP contribution in [0, 0.1) is 11.6 Å². The Morgan fingerprint density at radius 3 is 2.35 bits per heavy atom. The average molecular weight is 315 g/mol. The molecule has 1 atom stereocenters. The quantitative estimate of drug-likeness (QED) is 0.830. The molecule has 0 aliphatic heterocycles. The van der Waals surface area contributed by atoms with Gasteiger partial charge in [0.1, 0.15) is 11.6 Å². The Labute approximate surface area is 125 Å². The minimum atomic E-state index is -0.604. The van der Waals surface area contributed by atoms with Crippen LogP contribution >= 0.6 is 23.4 Å². The second kappa shape index (κ2) is 7.07. The second-order valence-corrected chi connectivity index (χ2v) is 5.86. The first-order chi connectivity index (χ1) is 9.54. The number of aliphatic hydroxyl groups is 1. The number of halogens is 3. The summed E-state index contributed by atoms with van der Waals surface area (Å²) in [6, 6.07) is 10.2. The predicted molar refractivity (Wildman–Crippen MR) is 78.2 cm³/mol. The molecular weight excluding hydrogens is 302 g/mol. The number of benzene rings is 2. The van der Waals surface area contributed by atoms with Gasteiger partial charge in [0.25, 0.3) is 0 Å². The first-order valence-corrected chi connectivity index (χ1v) is 7.41. The molecule has 20 heavy (non-hydrogen) atoms. The van der Waals surface area contributed by atoms with Crippen molar-refractivity contribution in [3.63, 3.8) is 0 Å². The summed E-state index contributed by atoms with van der Waals surface area (Å²) in [5, 5.41) is 10.3. The summed E-state index contributed by atoms with van der Waals surface area (Å²) in [5.74, 6) is -0.221. The average Bonchev–Trinajstić information content (AvgIpc) is 2.41. The van der Waals surface area contributed by atoms with Crippen LogP contribution in [0.1, 0.15) is 5.56 Å². The van der Waals surface area contributed by atoms with E-state index >= 15 is 0 Å². The van der Waals surface area contributed by atoms with E-state index in [1.54, 1.807) is 18.2 Å². The normalized spacial score (nSPS) is 12.4. The molecule has 5 heteroatoms. The van der Waals surface area contributed by atoms with Crippen molar-refractivity contribution in [3.05, 3.63) is 64.7 Å². The van der Waals surface area contributed by atoms with E-state index in [0.29, 0.717) is 22.8 Å². The Morgan fingerprint density at radius 1 is 1.05 bits per heavy atom. The fourth-order valence-corrected chi connectivity index (χ4v) is 2.80. The van der Waals surface area contributed by atoms with Crippen LogP contribution in [0.4, 0.5) is 8.78 Å². The fourth-order valence-electron chi connectivity index (χ4n) is 1.72. The fraction of sp³-hybridized carbons (Fsp3) is 0.200. The lowest BCUT2D eigenvalue weighted by Crippen LogP contribution is -2.13. The van der Waals surface area contributed by atoms with E-state index < -0.39 is 11.9 Å². The van der Waals surface area contributed by atoms with Gasteiger partial charge in [0.2, 0.25) is 0 Å². The van der Waals surface area contributed by atoms with E-state index in [4.69, 9.17) is 11.6 Å². The molecule has 1 N–H and O–H groups in total. The molecule has 0 saturated heterocycles. The molecule has 0 saturated carbocycles. The zero-order valence-electron chi connectivity index (χ0n) is 10.5. The molecule has 2 rings (SSSR count). The van der Waals surface area contributed by atoms with Crippen LogP contribution in [0.25, 0.3) is 0 Å². The summed E-state index contributed by atoms with van der Waals surface area (Å²) < 4.78 is 25.7. The van der Waals surface area contributed by atoms with Gasteiger partial charge in [0.15, 0.2) is 0 Å². The van der Waals surface area contributed by atoms with Crippen LogP contribution in [0.3, 0.4) is 0 Å². The predicted octanol–water partition coefficient (Wildman–Crippen LogP) is 4.31. The van der Waals surface area contributed by atoms with Gasteiger partial charge < -0.3 is 5.11 Å². The van der Waals surface area contributed by atoms with Crippen molar-refractivity contribution >= 4 is 23.4 Å². The molecule has 0 bridgehead atoms. The Kier molecular flexibility index (Phi) is 5.40.